The van der Waals surface area contributed by atoms with Crippen LogP contribution in [0.4, 0.5) is 4.39 Å². The molecule has 2 heterocycles. The van der Waals surface area contributed by atoms with Gasteiger partial charge in [-0.15, -0.1) is 0 Å². The third-order valence-corrected chi connectivity index (χ3v) is 9.08. The Balaban J connectivity index is 1.82. The summed E-state index contributed by atoms with van der Waals surface area (Å²) in [6, 6.07) is 5.92. The van der Waals surface area contributed by atoms with Crippen LogP contribution in [0.15, 0.2) is 30.5 Å². The molecule has 1 aliphatic heterocycles. The molecule has 0 radical (unpaired) electrons. The molecule has 0 bridgehead atoms. The predicted molar refractivity (Wildman–Crippen MR) is 155 cm³/mol. The summed E-state index contributed by atoms with van der Waals surface area (Å²) >= 11 is 5.95. The van der Waals surface area contributed by atoms with Crippen molar-refractivity contribution in [3.8, 4) is 5.75 Å². The molecule has 0 saturated carbocycles. The van der Waals surface area contributed by atoms with E-state index in [2.05, 4.69) is 10.1 Å². The second kappa shape index (κ2) is 13.8. The number of imidazole rings is 1. The molecule has 16 heteroatoms. The van der Waals surface area contributed by atoms with Gasteiger partial charge in [-0.3, -0.25) is 9.93 Å². The number of carbonyl (C=O) groups is 1. The number of aliphatic hydroxyl groups excluding tert-OH is 1. The van der Waals surface area contributed by atoms with E-state index in [0.717, 1.165) is 24.4 Å². The molecule has 1 aromatic carbocycles. The van der Waals surface area contributed by atoms with Gasteiger partial charge in [0.2, 0.25) is 0 Å². The minimum absolute atomic E-state index is 0.00798. The highest BCUT2D eigenvalue weighted by molar-refractivity contribution is 7.52. The maximum Gasteiger partial charge on any atom is 0.459 e. The van der Waals surface area contributed by atoms with Gasteiger partial charge in [0, 0.05) is 11.6 Å². The summed E-state index contributed by atoms with van der Waals surface area (Å²) in [5.41, 5.74) is 1.57. The van der Waals surface area contributed by atoms with Crippen molar-refractivity contribution in [1.82, 2.24) is 14.7 Å². The van der Waals surface area contributed by atoms with Crippen LogP contribution >= 0.6 is 19.3 Å². The molecule has 0 aliphatic carbocycles. The van der Waals surface area contributed by atoms with Crippen molar-refractivity contribution in [1.29, 1.82) is 5.41 Å². The molecule has 13 nitrogen and oxygen atoms in total. The first-order valence-corrected chi connectivity index (χ1v) is 15.3. The molecular formula is C26H39ClFN6O7P. The Labute approximate surface area is 249 Å². The number of halogens is 2. The van der Waals surface area contributed by atoms with Gasteiger partial charge in [-0.1, -0.05) is 38.3 Å². The highest BCUT2D eigenvalue weighted by Gasteiger charge is 2.56. The number of nitrogens with one attached hydrogen (secondary N) is 2. The predicted octanol–water partition coefficient (Wildman–Crippen LogP) is 3.27. The molecule has 6 atom stereocenters. The SMILES string of the molecule is CCC(CC)COC[C@](C)(C=O)NP(=O)(OC[C@H]1O[C@@H](c2cnc(C(=N)N)n2N)[C@](C)(F)[C@@H]1O)Oc1ccc(Cl)cc1. The van der Waals surface area contributed by atoms with Crippen molar-refractivity contribution in [2.24, 2.45) is 11.7 Å². The van der Waals surface area contributed by atoms with E-state index in [1.54, 1.807) is 0 Å². The summed E-state index contributed by atoms with van der Waals surface area (Å²) in [5.74, 6) is 5.76. The molecule has 3 rings (SSSR count). The highest BCUT2D eigenvalue weighted by Crippen LogP contribution is 2.49. The zero-order valence-electron chi connectivity index (χ0n) is 24.0. The zero-order chi connectivity index (χ0) is 31.3. The molecule has 234 valence electrons. The van der Waals surface area contributed by atoms with Crippen LogP contribution in [0.25, 0.3) is 0 Å². The maximum atomic E-state index is 15.8. The summed E-state index contributed by atoms with van der Waals surface area (Å²) < 4.78 is 53.6. The van der Waals surface area contributed by atoms with Crippen molar-refractivity contribution in [2.45, 2.75) is 70.1 Å². The van der Waals surface area contributed by atoms with Gasteiger partial charge >= 0.3 is 7.75 Å². The summed E-state index contributed by atoms with van der Waals surface area (Å²) in [6.07, 6.45) is -1.05. The number of nitrogens with zero attached hydrogens (tertiary/aromatic N) is 2. The number of benzene rings is 1. The number of hydrogen-bond donors (Lipinski definition) is 5. The average Bonchev–Trinajstić information content (AvgIpc) is 3.42. The van der Waals surface area contributed by atoms with Gasteiger partial charge in [0.1, 0.15) is 35.9 Å². The zero-order valence-corrected chi connectivity index (χ0v) is 25.6. The Morgan fingerprint density at radius 2 is 2.05 bits per heavy atom. The summed E-state index contributed by atoms with van der Waals surface area (Å²) in [5, 5.41) is 21.4. The monoisotopic (exact) mass is 632 g/mol. The molecule has 1 saturated heterocycles. The molecule has 1 unspecified atom stereocenters. The van der Waals surface area contributed by atoms with E-state index in [4.69, 9.17) is 47.1 Å². The molecular weight excluding hydrogens is 594 g/mol. The lowest BCUT2D eigenvalue weighted by Gasteiger charge is -2.30. The quantitative estimate of drug-likeness (QED) is 0.0598. The molecule has 1 aromatic heterocycles. The van der Waals surface area contributed by atoms with Crippen LogP contribution in [-0.4, -0.2) is 70.1 Å². The number of aldehydes is 1. The van der Waals surface area contributed by atoms with Crippen LogP contribution in [0.2, 0.25) is 5.02 Å². The highest BCUT2D eigenvalue weighted by atomic mass is 35.5. The van der Waals surface area contributed by atoms with Gasteiger partial charge in [0.15, 0.2) is 17.3 Å². The maximum absolute atomic E-state index is 15.8. The molecule has 1 aliphatic rings. The number of nitrogen functional groups attached to an aromatic ring is 2. The van der Waals surface area contributed by atoms with E-state index in [9.17, 15) is 14.5 Å². The Morgan fingerprint density at radius 1 is 1.40 bits per heavy atom. The molecule has 1 fully saturated rings. The van der Waals surface area contributed by atoms with Crippen LogP contribution in [-0.2, 0) is 23.4 Å². The largest absolute Gasteiger partial charge is 0.459 e. The van der Waals surface area contributed by atoms with E-state index in [1.165, 1.54) is 37.4 Å². The molecule has 0 amide bonds. The molecule has 42 heavy (non-hydrogen) atoms. The first kappa shape index (κ1) is 33.9. The van der Waals surface area contributed by atoms with Crippen LogP contribution < -0.4 is 21.2 Å². The first-order chi connectivity index (χ1) is 19.7. The van der Waals surface area contributed by atoms with E-state index < -0.39 is 49.7 Å². The summed E-state index contributed by atoms with van der Waals surface area (Å²) in [4.78, 5) is 16.1. The van der Waals surface area contributed by atoms with Crippen LogP contribution in [0.3, 0.4) is 0 Å². The minimum Gasteiger partial charge on any atom is -0.413 e. The van der Waals surface area contributed by atoms with Crippen LogP contribution in [0.1, 0.15) is 58.2 Å². The Morgan fingerprint density at radius 3 is 2.60 bits per heavy atom. The van der Waals surface area contributed by atoms with Gasteiger partial charge in [0.25, 0.3) is 0 Å². The summed E-state index contributed by atoms with van der Waals surface area (Å²) in [6.45, 7) is 6.28. The van der Waals surface area contributed by atoms with Gasteiger partial charge in [0.05, 0.1) is 25.1 Å². The third-order valence-electron chi connectivity index (χ3n) is 7.10. The number of hydrogen-bond acceptors (Lipinski definition) is 10. The van der Waals surface area contributed by atoms with Crippen molar-refractivity contribution >= 4 is 31.5 Å². The Hall–Kier alpha value is -2.58. The average molecular weight is 633 g/mol. The minimum atomic E-state index is -4.41. The fraction of sp³-hybridized carbons (Fsp3) is 0.577. The second-order valence-electron chi connectivity index (χ2n) is 10.6. The smallest absolute Gasteiger partial charge is 0.413 e. The van der Waals surface area contributed by atoms with E-state index in [0.29, 0.717) is 17.9 Å². The topological polar surface area (TPSA) is 197 Å². The lowest BCUT2D eigenvalue weighted by atomic mass is 9.93. The van der Waals surface area contributed by atoms with Gasteiger partial charge in [-0.2, -0.15) is 5.09 Å². The lowest BCUT2D eigenvalue weighted by Crippen LogP contribution is -2.48. The van der Waals surface area contributed by atoms with Crippen molar-refractivity contribution in [3.05, 3.63) is 47.0 Å². The van der Waals surface area contributed by atoms with Gasteiger partial charge < -0.3 is 35.5 Å². The number of carbonyl (C=O) groups excluding carboxylic acids is 1. The number of ether oxygens (including phenoxy) is 2. The lowest BCUT2D eigenvalue weighted by molar-refractivity contribution is -0.114. The molecule has 2 aromatic rings. The molecule has 7 N–H and O–H groups in total. The van der Waals surface area contributed by atoms with Crippen molar-refractivity contribution in [2.75, 3.05) is 25.7 Å². The van der Waals surface area contributed by atoms with E-state index >= 15 is 4.39 Å². The normalized spacial score (nSPS) is 25.2. The second-order valence-corrected chi connectivity index (χ2v) is 12.7. The number of aromatic nitrogens is 2. The first-order valence-electron chi connectivity index (χ1n) is 13.4. The van der Waals surface area contributed by atoms with Crippen LogP contribution in [0, 0.1) is 11.3 Å². The summed E-state index contributed by atoms with van der Waals surface area (Å²) in [7, 11) is -4.41. The number of alkyl halides is 1. The number of amidine groups is 1. The van der Waals surface area contributed by atoms with Crippen LogP contribution in [0.5, 0.6) is 5.75 Å². The number of nitrogens with two attached hydrogens (primary N) is 2. The fourth-order valence-corrected chi connectivity index (χ4v) is 6.19. The third kappa shape index (κ3) is 7.87. The van der Waals surface area contributed by atoms with Crippen molar-refractivity contribution in [3.63, 3.8) is 0 Å². The van der Waals surface area contributed by atoms with E-state index in [-0.39, 0.29) is 29.8 Å². The Bertz CT molecular complexity index is 1280. The van der Waals surface area contributed by atoms with Gasteiger partial charge in [-0.25, -0.2) is 18.6 Å². The standard InChI is InChI=1S/C26H39ClFN6O7P/c1-5-16(6-2)12-38-15-25(3,14-35)33-42(37,41-18-9-7-17(27)8-10-18)39-13-20-21(36)26(4,28)22(40-20)19-11-32-24(23(29)30)34(19)31/h7-11,14,16,20-22,36H,5-6,12-13,15,31H2,1-4H3,(H3,29,30)(H,33,37)/t20-,21-,22+,25+,26-,42?/m1/s1. The molecule has 0 spiro atoms. The van der Waals surface area contributed by atoms with Crippen molar-refractivity contribution < 1.29 is 37.4 Å². The van der Waals surface area contributed by atoms with Gasteiger partial charge in [-0.05, 0) is 44.0 Å². The Kier molecular flexibility index (Phi) is 11.2. The number of rotatable bonds is 16. The fourth-order valence-electron chi connectivity index (χ4n) is 4.41. The number of aliphatic hydroxyl groups is 1. The van der Waals surface area contributed by atoms with E-state index in [1.807, 2.05) is 13.8 Å².